The molecule has 0 bridgehead atoms. The monoisotopic (exact) mass is 279 g/mol. The molecule has 0 radical (unpaired) electrons. The van der Waals surface area contributed by atoms with Crippen molar-refractivity contribution in [3.63, 3.8) is 0 Å². The topological polar surface area (TPSA) is 95.9 Å². The Labute approximate surface area is 116 Å². The van der Waals surface area contributed by atoms with Gasteiger partial charge < -0.3 is 20.3 Å². The summed E-state index contributed by atoms with van der Waals surface area (Å²) in [7, 11) is 0. The average molecular weight is 279 g/mol. The van der Waals surface area contributed by atoms with E-state index in [2.05, 4.69) is 11.9 Å². The number of para-hydroxylation sites is 1. The number of amides is 1. The van der Waals surface area contributed by atoms with Gasteiger partial charge in [0.15, 0.2) is 6.10 Å². The molecule has 3 N–H and O–H groups in total. The second-order valence-corrected chi connectivity index (χ2v) is 3.99. The zero-order valence-corrected chi connectivity index (χ0v) is 10.9. The van der Waals surface area contributed by atoms with Crippen LogP contribution in [0.2, 0.25) is 0 Å². The number of aliphatic hydroxyl groups excluding tert-OH is 1. The van der Waals surface area contributed by atoms with Crippen molar-refractivity contribution in [2.45, 2.75) is 12.5 Å². The molecule has 0 aliphatic carbocycles. The van der Waals surface area contributed by atoms with Gasteiger partial charge in [-0.25, -0.2) is 4.79 Å². The van der Waals surface area contributed by atoms with E-state index in [0.29, 0.717) is 11.3 Å². The SMILES string of the molecule is C=CCOc1ccccc1C(=O)NCCC(O)C(=O)O. The third kappa shape index (κ3) is 4.74. The number of ether oxygens (including phenoxy) is 1. The minimum absolute atomic E-state index is 0.0576. The average Bonchev–Trinajstić information content (AvgIpc) is 2.45. The van der Waals surface area contributed by atoms with Crippen LogP contribution in [0.4, 0.5) is 0 Å². The van der Waals surface area contributed by atoms with Crippen molar-refractivity contribution in [1.82, 2.24) is 5.32 Å². The van der Waals surface area contributed by atoms with Crippen LogP contribution in [-0.4, -0.2) is 41.3 Å². The van der Waals surface area contributed by atoms with Gasteiger partial charge in [-0.05, 0) is 12.1 Å². The van der Waals surface area contributed by atoms with Gasteiger partial charge in [0.05, 0.1) is 5.56 Å². The molecule has 0 aliphatic rings. The maximum absolute atomic E-state index is 11.9. The Kier molecular flexibility index (Phi) is 6.25. The maximum Gasteiger partial charge on any atom is 0.332 e. The Morgan fingerprint density at radius 3 is 2.75 bits per heavy atom. The highest BCUT2D eigenvalue weighted by atomic mass is 16.5. The molecule has 0 spiro atoms. The van der Waals surface area contributed by atoms with E-state index in [1.807, 2.05) is 0 Å². The van der Waals surface area contributed by atoms with Crippen molar-refractivity contribution in [2.24, 2.45) is 0 Å². The van der Waals surface area contributed by atoms with Crippen molar-refractivity contribution in [3.8, 4) is 5.75 Å². The molecule has 0 saturated heterocycles. The van der Waals surface area contributed by atoms with Crippen molar-refractivity contribution < 1.29 is 24.5 Å². The molecule has 6 heteroatoms. The van der Waals surface area contributed by atoms with E-state index in [9.17, 15) is 9.59 Å². The minimum Gasteiger partial charge on any atom is -0.489 e. The first-order chi connectivity index (χ1) is 9.56. The van der Waals surface area contributed by atoms with Crippen molar-refractivity contribution in [2.75, 3.05) is 13.2 Å². The second kappa shape index (κ2) is 7.96. The standard InChI is InChI=1S/C14H17NO5/c1-2-9-20-12-6-4-3-5-10(12)13(17)15-8-7-11(16)14(18)19/h2-6,11,16H,1,7-9H2,(H,15,17)(H,18,19). The van der Waals surface area contributed by atoms with Gasteiger partial charge in [0.1, 0.15) is 12.4 Å². The van der Waals surface area contributed by atoms with Gasteiger partial charge in [-0.2, -0.15) is 0 Å². The lowest BCUT2D eigenvalue weighted by Crippen LogP contribution is -2.30. The number of carboxylic acids is 1. The Morgan fingerprint density at radius 1 is 1.40 bits per heavy atom. The molecule has 0 heterocycles. The first-order valence-electron chi connectivity index (χ1n) is 6.08. The molecule has 1 unspecified atom stereocenters. The number of carbonyl (C=O) groups excluding carboxylic acids is 1. The lowest BCUT2D eigenvalue weighted by molar-refractivity contribution is -0.146. The number of rotatable bonds is 8. The Balaban J connectivity index is 2.58. The Hall–Kier alpha value is -2.34. The van der Waals surface area contributed by atoms with Crippen LogP contribution in [0.3, 0.4) is 0 Å². The summed E-state index contributed by atoms with van der Waals surface area (Å²) in [6.45, 7) is 3.86. The van der Waals surface area contributed by atoms with Crippen molar-refractivity contribution in [3.05, 3.63) is 42.5 Å². The molecular formula is C14H17NO5. The predicted molar refractivity (Wildman–Crippen MR) is 72.7 cm³/mol. The van der Waals surface area contributed by atoms with Gasteiger partial charge in [-0.15, -0.1) is 0 Å². The summed E-state index contributed by atoms with van der Waals surface area (Å²) in [6, 6.07) is 6.69. The first kappa shape index (κ1) is 15.7. The van der Waals surface area contributed by atoms with E-state index in [1.54, 1.807) is 30.3 Å². The number of aliphatic carboxylic acids is 1. The summed E-state index contributed by atoms with van der Waals surface area (Å²) < 4.78 is 5.35. The minimum atomic E-state index is -1.48. The Morgan fingerprint density at radius 2 is 2.10 bits per heavy atom. The number of carbonyl (C=O) groups is 2. The van der Waals surface area contributed by atoms with Crippen LogP contribution >= 0.6 is 0 Å². The summed E-state index contributed by atoms with van der Waals surface area (Å²) in [4.78, 5) is 22.4. The smallest absolute Gasteiger partial charge is 0.332 e. The molecule has 0 aromatic heterocycles. The fourth-order valence-corrected chi connectivity index (χ4v) is 1.47. The highest BCUT2D eigenvalue weighted by molar-refractivity contribution is 5.96. The van der Waals surface area contributed by atoms with Gasteiger partial charge in [-0.3, -0.25) is 4.79 Å². The molecule has 1 rings (SSSR count). The number of nitrogens with one attached hydrogen (secondary N) is 1. The summed E-state index contributed by atoms with van der Waals surface area (Å²) in [5.41, 5.74) is 0.346. The lowest BCUT2D eigenvalue weighted by Gasteiger charge is -2.11. The molecule has 108 valence electrons. The third-order valence-electron chi connectivity index (χ3n) is 2.48. The van der Waals surface area contributed by atoms with E-state index in [0.717, 1.165) is 0 Å². The van der Waals surface area contributed by atoms with Crippen molar-refractivity contribution in [1.29, 1.82) is 0 Å². The molecule has 1 atom stereocenters. The van der Waals surface area contributed by atoms with Gasteiger partial charge in [0.2, 0.25) is 0 Å². The molecule has 1 aromatic rings. The number of hydrogen-bond acceptors (Lipinski definition) is 4. The van der Waals surface area contributed by atoms with Crippen molar-refractivity contribution >= 4 is 11.9 Å². The third-order valence-corrected chi connectivity index (χ3v) is 2.48. The summed E-state index contributed by atoms with van der Waals surface area (Å²) in [5.74, 6) is -1.28. The van der Waals surface area contributed by atoms with Crippen LogP contribution < -0.4 is 10.1 Å². The lowest BCUT2D eigenvalue weighted by atomic mass is 10.2. The van der Waals surface area contributed by atoms with E-state index in [4.69, 9.17) is 14.9 Å². The molecule has 1 aromatic carbocycles. The first-order valence-corrected chi connectivity index (χ1v) is 6.08. The fourth-order valence-electron chi connectivity index (χ4n) is 1.47. The van der Waals surface area contributed by atoms with E-state index >= 15 is 0 Å². The summed E-state index contributed by atoms with van der Waals surface area (Å²) in [5, 5.41) is 20.1. The second-order valence-electron chi connectivity index (χ2n) is 3.99. The van der Waals surface area contributed by atoms with Crippen LogP contribution in [0, 0.1) is 0 Å². The van der Waals surface area contributed by atoms with Gasteiger partial charge in [0.25, 0.3) is 5.91 Å². The summed E-state index contributed by atoms with van der Waals surface area (Å²) in [6.07, 6.45) is 0.0248. The predicted octanol–water partition coefficient (Wildman–Crippen LogP) is 0.817. The van der Waals surface area contributed by atoms with E-state index < -0.39 is 12.1 Å². The number of benzene rings is 1. The maximum atomic E-state index is 11.9. The summed E-state index contributed by atoms with van der Waals surface area (Å²) >= 11 is 0. The molecule has 0 aliphatic heterocycles. The molecule has 0 saturated carbocycles. The Bertz CT molecular complexity index is 486. The van der Waals surface area contributed by atoms with Crippen LogP contribution in [-0.2, 0) is 4.79 Å². The van der Waals surface area contributed by atoms with Crippen LogP contribution in [0.5, 0.6) is 5.75 Å². The zero-order chi connectivity index (χ0) is 15.0. The zero-order valence-electron chi connectivity index (χ0n) is 10.9. The number of carboxylic acid groups (broad SMARTS) is 1. The van der Waals surface area contributed by atoms with Gasteiger partial charge >= 0.3 is 5.97 Å². The van der Waals surface area contributed by atoms with Gasteiger partial charge in [0, 0.05) is 13.0 Å². The largest absolute Gasteiger partial charge is 0.489 e. The number of hydrogen-bond donors (Lipinski definition) is 3. The fraction of sp³-hybridized carbons (Fsp3) is 0.286. The van der Waals surface area contributed by atoms with Crippen LogP contribution in [0.15, 0.2) is 36.9 Å². The van der Waals surface area contributed by atoms with Crippen LogP contribution in [0.1, 0.15) is 16.8 Å². The molecule has 1 amide bonds. The molecule has 0 fully saturated rings. The van der Waals surface area contributed by atoms with Gasteiger partial charge in [-0.1, -0.05) is 24.8 Å². The highest BCUT2D eigenvalue weighted by Gasteiger charge is 2.15. The van der Waals surface area contributed by atoms with E-state index in [1.165, 1.54) is 0 Å². The molecular weight excluding hydrogens is 262 g/mol. The molecule has 6 nitrogen and oxygen atoms in total. The van der Waals surface area contributed by atoms with E-state index in [-0.39, 0.29) is 25.5 Å². The normalized spacial score (nSPS) is 11.4. The highest BCUT2D eigenvalue weighted by Crippen LogP contribution is 2.17. The van der Waals surface area contributed by atoms with Crippen LogP contribution in [0.25, 0.3) is 0 Å². The molecule has 20 heavy (non-hydrogen) atoms. The quantitative estimate of drug-likeness (QED) is 0.612. The number of aliphatic hydroxyl groups is 1.